The predicted molar refractivity (Wildman–Crippen MR) is 109 cm³/mol. The second-order valence-corrected chi connectivity index (χ2v) is 6.75. The quantitative estimate of drug-likeness (QED) is 0.265. The number of allylic oxidation sites excluding steroid dienone is 5. The molecule has 1 saturated heterocycles. The van der Waals surface area contributed by atoms with Crippen molar-refractivity contribution in [1.29, 1.82) is 0 Å². The van der Waals surface area contributed by atoms with Crippen LogP contribution in [0.15, 0.2) is 36.5 Å². The zero-order valence-corrected chi connectivity index (χ0v) is 16.4. The van der Waals surface area contributed by atoms with Crippen molar-refractivity contribution in [3.05, 3.63) is 36.5 Å². The van der Waals surface area contributed by atoms with E-state index < -0.39 is 0 Å². The van der Waals surface area contributed by atoms with Crippen LogP contribution >= 0.6 is 0 Å². The molecule has 2 amide bonds. The van der Waals surface area contributed by atoms with Crippen LogP contribution in [0.1, 0.15) is 71.1 Å². The second kappa shape index (κ2) is 15.4. The summed E-state index contributed by atoms with van der Waals surface area (Å²) in [6, 6.07) is 0. The topological polar surface area (TPSA) is 49.2 Å². The van der Waals surface area contributed by atoms with E-state index in [2.05, 4.69) is 48.7 Å². The summed E-state index contributed by atoms with van der Waals surface area (Å²) in [5.74, 6) is 0.481. The van der Waals surface area contributed by atoms with Crippen molar-refractivity contribution in [2.24, 2.45) is 0 Å². The smallest absolute Gasteiger partial charge is 0.222 e. The first kappa shape index (κ1) is 22.2. The van der Waals surface area contributed by atoms with Gasteiger partial charge in [-0.05, 0) is 38.5 Å². The molecule has 1 N–H and O–H groups in total. The van der Waals surface area contributed by atoms with Crippen molar-refractivity contribution in [3.8, 4) is 0 Å². The summed E-state index contributed by atoms with van der Waals surface area (Å²) in [4.78, 5) is 24.9. The van der Waals surface area contributed by atoms with E-state index >= 15 is 0 Å². The van der Waals surface area contributed by atoms with E-state index in [-0.39, 0.29) is 5.91 Å². The largest absolute Gasteiger partial charge is 0.356 e. The molecular formula is C22H36N2O2. The molecule has 0 spiro atoms. The van der Waals surface area contributed by atoms with Crippen molar-refractivity contribution in [3.63, 3.8) is 0 Å². The molecule has 26 heavy (non-hydrogen) atoms. The maximum absolute atomic E-state index is 11.5. The van der Waals surface area contributed by atoms with Crippen molar-refractivity contribution < 1.29 is 9.59 Å². The molecule has 0 saturated carbocycles. The molecule has 0 aliphatic carbocycles. The first-order valence-corrected chi connectivity index (χ1v) is 10.2. The summed E-state index contributed by atoms with van der Waals surface area (Å²) in [6.07, 6.45) is 22.2. The third-order valence-corrected chi connectivity index (χ3v) is 4.25. The molecule has 0 radical (unpaired) electrons. The SMILES string of the molecule is CCCCCC(=O)NCC/C=C\C/C=C\C/C=C\CCCC(=O)N1CC1. The lowest BCUT2D eigenvalue weighted by Crippen LogP contribution is -2.23. The average molecular weight is 361 g/mol. The molecular weight excluding hydrogens is 324 g/mol. The summed E-state index contributed by atoms with van der Waals surface area (Å²) in [7, 11) is 0. The van der Waals surface area contributed by atoms with Gasteiger partial charge in [-0.25, -0.2) is 0 Å². The van der Waals surface area contributed by atoms with Crippen LogP contribution in [0, 0.1) is 0 Å². The number of hydrogen-bond donors (Lipinski definition) is 1. The molecule has 1 heterocycles. The fraction of sp³-hybridized carbons (Fsp3) is 0.636. The van der Waals surface area contributed by atoms with E-state index in [9.17, 15) is 9.59 Å². The van der Waals surface area contributed by atoms with Gasteiger partial charge in [-0.1, -0.05) is 56.2 Å². The van der Waals surface area contributed by atoms with E-state index in [0.29, 0.717) is 18.7 Å². The fourth-order valence-corrected chi connectivity index (χ4v) is 2.53. The molecule has 1 aliphatic heterocycles. The van der Waals surface area contributed by atoms with E-state index in [1.807, 2.05) is 4.90 Å². The van der Waals surface area contributed by atoms with Gasteiger partial charge in [-0.2, -0.15) is 0 Å². The normalized spacial score (nSPS) is 14.0. The van der Waals surface area contributed by atoms with Crippen LogP contribution in [0.4, 0.5) is 0 Å². The molecule has 0 atom stereocenters. The second-order valence-electron chi connectivity index (χ2n) is 6.75. The van der Waals surface area contributed by atoms with Gasteiger partial charge in [0.2, 0.25) is 11.8 Å². The van der Waals surface area contributed by atoms with Crippen molar-refractivity contribution in [2.45, 2.75) is 71.1 Å². The number of rotatable bonds is 15. The van der Waals surface area contributed by atoms with Crippen molar-refractivity contribution in [1.82, 2.24) is 10.2 Å². The average Bonchev–Trinajstić information content (AvgIpc) is 3.47. The van der Waals surface area contributed by atoms with Crippen LogP contribution in [0.25, 0.3) is 0 Å². The molecule has 1 aliphatic rings. The fourth-order valence-electron chi connectivity index (χ4n) is 2.53. The lowest BCUT2D eigenvalue weighted by molar-refractivity contribution is -0.125. The Hall–Kier alpha value is -1.84. The number of amides is 2. The lowest BCUT2D eigenvalue weighted by Gasteiger charge is -2.02. The number of nitrogens with one attached hydrogen (secondary N) is 1. The molecule has 0 aromatic carbocycles. The van der Waals surface area contributed by atoms with Crippen LogP contribution in [0.3, 0.4) is 0 Å². The Labute approximate surface area is 159 Å². The molecule has 146 valence electrons. The lowest BCUT2D eigenvalue weighted by atomic mass is 10.2. The Bertz CT molecular complexity index is 477. The highest BCUT2D eigenvalue weighted by Gasteiger charge is 2.22. The summed E-state index contributed by atoms with van der Waals surface area (Å²) < 4.78 is 0. The summed E-state index contributed by atoms with van der Waals surface area (Å²) in [6.45, 7) is 4.80. The maximum atomic E-state index is 11.5. The van der Waals surface area contributed by atoms with E-state index in [1.54, 1.807) is 0 Å². The van der Waals surface area contributed by atoms with Gasteiger partial charge in [0.1, 0.15) is 0 Å². The molecule has 1 rings (SSSR count). The third kappa shape index (κ3) is 13.5. The van der Waals surface area contributed by atoms with E-state index in [4.69, 9.17) is 0 Å². The summed E-state index contributed by atoms with van der Waals surface area (Å²) in [5, 5.41) is 2.95. The van der Waals surface area contributed by atoms with Crippen LogP contribution in [0.5, 0.6) is 0 Å². The molecule has 4 nitrogen and oxygen atoms in total. The number of nitrogens with zero attached hydrogens (tertiary/aromatic N) is 1. The highest BCUT2D eigenvalue weighted by Crippen LogP contribution is 2.09. The van der Waals surface area contributed by atoms with Gasteiger partial charge in [0.15, 0.2) is 0 Å². The molecule has 1 fully saturated rings. The van der Waals surface area contributed by atoms with Gasteiger partial charge >= 0.3 is 0 Å². The highest BCUT2D eigenvalue weighted by molar-refractivity contribution is 5.78. The van der Waals surface area contributed by atoms with Gasteiger partial charge in [0.25, 0.3) is 0 Å². The van der Waals surface area contributed by atoms with E-state index in [1.165, 1.54) is 0 Å². The minimum Gasteiger partial charge on any atom is -0.356 e. The first-order chi connectivity index (χ1) is 12.7. The van der Waals surface area contributed by atoms with Gasteiger partial charge in [-0.15, -0.1) is 0 Å². The minimum atomic E-state index is 0.174. The van der Waals surface area contributed by atoms with Crippen LogP contribution in [-0.2, 0) is 9.59 Å². The minimum absolute atomic E-state index is 0.174. The Balaban J connectivity index is 1.87. The maximum Gasteiger partial charge on any atom is 0.222 e. The standard InChI is InChI=1S/C22H36N2O2/c1-2-3-13-16-21(25)23-18-15-12-10-8-6-4-5-7-9-11-14-17-22(26)24-19-20-24/h4,6-7,9-10,12H,2-3,5,8,11,13-20H2,1H3,(H,23,25)/b6-4-,9-7-,12-10-. The molecule has 0 aromatic heterocycles. The Kier molecular flexibility index (Phi) is 13.2. The summed E-state index contributed by atoms with van der Waals surface area (Å²) in [5.41, 5.74) is 0. The Morgan fingerprint density at radius 3 is 2.15 bits per heavy atom. The Morgan fingerprint density at radius 2 is 1.50 bits per heavy atom. The van der Waals surface area contributed by atoms with Gasteiger partial charge in [0.05, 0.1) is 0 Å². The van der Waals surface area contributed by atoms with Crippen LogP contribution in [0.2, 0.25) is 0 Å². The third-order valence-electron chi connectivity index (χ3n) is 4.25. The Morgan fingerprint density at radius 1 is 0.846 bits per heavy atom. The number of unbranched alkanes of at least 4 members (excludes halogenated alkanes) is 3. The zero-order chi connectivity index (χ0) is 18.9. The zero-order valence-electron chi connectivity index (χ0n) is 16.4. The van der Waals surface area contributed by atoms with Gasteiger partial charge in [0, 0.05) is 32.5 Å². The monoisotopic (exact) mass is 360 g/mol. The van der Waals surface area contributed by atoms with Gasteiger partial charge in [-0.3, -0.25) is 9.59 Å². The summed E-state index contributed by atoms with van der Waals surface area (Å²) >= 11 is 0. The number of carbonyl (C=O) groups excluding carboxylic acids is 2. The number of hydrogen-bond acceptors (Lipinski definition) is 2. The molecule has 0 bridgehead atoms. The van der Waals surface area contributed by atoms with Gasteiger partial charge < -0.3 is 10.2 Å². The van der Waals surface area contributed by atoms with Crippen molar-refractivity contribution in [2.75, 3.05) is 19.6 Å². The molecule has 4 heteroatoms. The van der Waals surface area contributed by atoms with Crippen molar-refractivity contribution >= 4 is 11.8 Å². The highest BCUT2D eigenvalue weighted by atomic mass is 16.2. The first-order valence-electron chi connectivity index (χ1n) is 10.2. The van der Waals surface area contributed by atoms with Crippen LogP contribution in [-0.4, -0.2) is 36.3 Å². The molecule has 0 aromatic rings. The van der Waals surface area contributed by atoms with Crippen LogP contribution < -0.4 is 5.32 Å². The molecule has 0 unspecified atom stereocenters. The van der Waals surface area contributed by atoms with E-state index in [0.717, 1.165) is 71.0 Å². The number of carbonyl (C=O) groups is 2. The predicted octanol–water partition coefficient (Wildman–Crippen LogP) is 4.53.